The molecule has 2 N–H and O–H groups in total. The molecule has 0 unspecified atom stereocenters. The smallest absolute Gasteiger partial charge is 0.224 e. The first-order valence-corrected chi connectivity index (χ1v) is 8.14. The van der Waals surface area contributed by atoms with Gasteiger partial charge in [0.1, 0.15) is 0 Å². The highest BCUT2D eigenvalue weighted by Crippen LogP contribution is 2.17. The lowest BCUT2D eigenvalue weighted by atomic mass is 10.1. The van der Waals surface area contributed by atoms with Gasteiger partial charge in [0.2, 0.25) is 11.8 Å². The number of hydrogen-bond donors (Lipinski definition) is 2. The Morgan fingerprint density at radius 3 is 2.22 bits per heavy atom. The van der Waals surface area contributed by atoms with Gasteiger partial charge in [0.05, 0.1) is 12.5 Å². The Morgan fingerprint density at radius 2 is 1.65 bits per heavy atom. The van der Waals surface area contributed by atoms with Crippen molar-refractivity contribution in [3.8, 4) is 0 Å². The second kappa shape index (κ2) is 7.92. The minimum absolute atomic E-state index is 0.0345. The molecule has 0 fully saturated rings. The molecule has 2 amide bonds. The van der Waals surface area contributed by atoms with Crippen LogP contribution in [0.25, 0.3) is 0 Å². The molecule has 0 aliphatic heterocycles. The third-order valence-corrected chi connectivity index (χ3v) is 3.92. The predicted molar refractivity (Wildman–Crippen MR) is 95.1 cm³/mol. The molecule has 0 saturated heterocycles. The fourth-order valence-corrected chi connectivity index (χ4v) is 2.49. The van der Waals surface area contributed by atoms with Gasteiger partial charge >= 0.3 is 0 Å². The van der Waals surface area contributed by atoms with Crippen LogP contribution in [0.2, 0.25) is 0 Å². The van der Waals surface area contributed by atoms with Crippen LogP contribution in [0, 0.1) is 0 Å². The third-order valence-electron chi connectivity index (χ3n) is 3.39. The van der Waals surface area contributed by atoms with E-state index in [0.717, 1.165) is 21.3 Å². The topological polar surface area (TPSA) is 58.2 Å². The zero-order valence-electron chi connectivity index (χ0n) is 13.1. The first-order valence-electron chi connectivity index (χ1n) is 7.35. The average Bonchev–Trinajstić information content (AvgIpc) is 2.49. The fraction of sp³-hybridized carbons (Fsp3) is 0.222. The lowest BCUT2D eigenvalue weighted by Crippen LogP contribution is -2.28. The van der Waals surface area contributed by atoms with Crippen molar-refractivity contribution in [3.05, 3.63) is 64.1 Å². The van der Waals surface area contributed by atoms with Gasteiger partial charge in [0.25, 0.3) is 0 Å². The van der Waals surface area contributed by atoms with Gasteiger partial charge in [-0.1, -0.05) is 40.2 Å². The summed E-state index contributed by atoms with van der Waals surface area (Å²) in [6.07, 6.45) is 0.307. The monoisotopic (exact) mass is 374 g/mol. The molecule has 0 aromatic heterocycles. The average molecular weight is 375 g/mol. The molecule has 0 saturated carbocycles. The van der Waals surface area contributed by atoms with Crippen molar-refractivity contribution in [2.24, 2.45) is 0 Å². The van der Waals surface area contributed by atoms with Crippen molar-refractivity contribution < 1.29 is 9.59 Å². The van der Waals surface area contributed by atoms with Gasteiger partial charge in [0.15, 0.2) is 0 Å². The summed E-state index contributed by atoms with van der Waals surface area (Å²) in [5.41, 5.74) is 2.69. The molecule has 5 heteroatoms. The molecule has 4 nitrogen and oxygen atoms in total. The summed E-state index contributed by atoms with van der Waals surface area (Å²) in [5, 5.41) is 5.69. The molecule has 0 bridgehead atoms. The lowest BCUT2D eigenvalue weighted by molar-refractivity contribution is -0.121. The molecule has 0 radical (unpaired) electrons. The molecular formula is C18H19BrN2O2. The van der Waals surface area contributed by atoms with Gasteiger partial charge in [-0.15, -0.1) is 0 Å². The lowest BCUT2D eigenvalue weighted by Gasteiger charge is -2.14. The van der Waals surface area contributed by atoms with E-state index in [4.69, 9.17) is 0 Å². The molecule has 23 heavy (non-hydrogen) atoms. The number of nitrogens with one attached hydrogen (secondary N) is 2. The molecule has 120 valence electrons. The fourth-order valence-electron chi connectivity index (χ4n) is 2.22. The van der Waals surface area contributed by atoms with Gasteiger partial charge in [-0.3, -0.25) is 9.59 Å². The molecule has 0 spiro atoms. The largest absolute Gasteiger partial charge is 0.349 e. The summed E-state index contributed by atoms with van der Waals surface area (Å²) in [6.45, 7) is 3.42. The van der Waals surface area contributed by atoms with E-state index >= 15 is 0 Å². The number of amides is 2. The van der Waals surface area contributed by atoms with Crippen LogP contribution in [0.15, 0.2) is 53.0 Å². The van der Waals surface area contributed by atoms with E-state index in [1.807, 2.05) is 43.3 Å². The zero-order chi connectivity index (χ0) is 16.8. The highest BCUT2D eigenvalue weighted by molar-refractivity contribution is 9.10. The van der Waals surface area contributed by atoms with E-state index in [0.29, 0.717) is 6.42 Å². The Kier molecular flexibility index (Phi) is 5.93. The third kappa shape index (κ3) is 5.53. The standard InChI is InChI=1S/C18H19BrN2O2/c1-12(15-5-7-16(19)8-6-15)20-18(23)11-14-3-9-17(10-4-14)21-13(2)22/h3-10,12H,11H2,1-2H3,(H,20,23)(H,21,22)/t12-/m0/s1. The normalized spacial score (nSPS) is 11.6. The van der Waals surface area contributed by atoms with E-state index in [1.165, 1.54) is 6.92 Å². The van der Waals surface area contributed by atoms with Crippen LogP contribution < -0.4 is 10.6 Å². The van der Waals surface area contributed by atoms with E-state index in [9.17, 15) is 9.59 Å². The molecule has 0 heterocycles. The first kappa shape index (κ1) is 17.2. The van der Waals surface area contributed by atoms with Crippen LogP contribution in [0.1, 0.15) is 31.0 Å². The summed E-state index contributed by atoms with van der Waals surface area (Å²) in [4.78, 5) is 23.1. The Morgan fingerprint density at radius 1 is 1.04 bits per heavy atom. The van der Waals surface area contributed by atoms with Crippen LogP contribution in [0.3, 0.4) is 0 Å². The Bertz CT molecular complexity index is 681. The molecule has 0 aliphatic carbocycles. The van der Waals surface area contributed by atoms with Gasteiger partial charge in [0, 0.05) is 17.1 Å². The van der Waals surface area contributed by atoms with Crippen LogP contribution in [0.5, 0.6) is 0 Å². The number of anilines is 1. The van der Waals surface area contributed by atoms with Crippen LogP contribution in [-0.4, -0.2) is 11.8 Å². The Labute approximate surface area is 144 Å². The van der Waals surface area contributed by atoms with Gasteiger partial charge < -0.3 is 10.6 Å². The van der Waals surface area contributed by atoms with Crippen LogP contribution in [0.4, 0.5) is 5.69 Å². The van der Waals surface area contributed by atoms with Crippen molar-refractivity contribution >= 4 is 33.4 Å². The minimum Gasteiger partial charge on any atom is -0.349 e. The summed E-state index contributed by atoms with van der Waals surface area (Å²) < 4.78 is 1.01. The highest BCUT2D eigenvalue weighted by Gasteiger charge is 2.10. The minimum atomic E-state index is -0.112. The number of rotatable bonds is 5. The van der Waals surface area contributed by atoms with E-state index in [2.05, 4.69) is 26.6 Å². The molecule has 1 atom stereocenters. The quantitative estimate of drug-likeness (QED) is 0.835. The van der Waals surface area contributed by atoms with E-state index < -0.39 is 0 Å². The van der Waals surface area contributed by atoms with Crippen molar-refractivity contribution in [1.29, 1.82) is 0 Å². The number of carbonyl (C=O) groups is 2. The van der Waals surface area contributed by atoms with Gasteiger partial charge in [-0.2, -0.15) is 0 Å². The number of halogens is 1. The van der Waals surface area contributed by atoms with Crippen molar-refractivity contribution in [2.45, 2.75) is 26.3 Å². The Balaban J connectivity index is 1.91. The predicted octanol–water partition coefficient (Wildman–Crippen LogP) is 3.83. The van der Waals surface area contributed by atoms with Crippen molar-refractivity contribution in [2.75, 3.05) is 5.32 Å². The summed E-state index contributed by atoms with van der Waals surface area (Å²) in [5.74, 6) is -0.147. The molecular weight excluding hydrogens is 356 g/mol. The maximum absolute atomic E-state index is 12.1. The highest BCUT2D eigenvalue weighted by atomic mass is 79.9. The number of carbonyl (C=O) groups excluding carboxylic acids is 2. The summed E-state index contributed by atoms with van der Waals surface area (Å²) >= 11 is 3.40. The number of hydrogen-bond acceptors (Lipinski definition) is 2. The van der Waals surface area contributed by atoms with E-state index in [1.54, 1.807) is 12.1 Å². The maximum atomic E-state index is 12.1. The zero-order valence-corrected chi connectivity index (χ0v) is 14.7. The molecule has 0 aliphatic rings. The van der Waals surface area contributed by atoms with Gasteiger partial charge in [-0.05, 0) is 42.3 Å². The van der Waals surface area contributed by atoms with Gasteiger partial charge in [-0.25, -0.2) is 0 Å². The Hall–Kier alpha value is -2.14. The molecule has 2 aromatic carbocycles. The summed E-state index contributed by atoms with van der Waals surface area (Å²) in [6, 6.07) is 15.1. The number of benzene rings is 2. The van der Waals surface area contributed by atoms with Crippen LogP contribution >= 0.6 is 15.9 Å². The maximum Gasteiger partial charge on any atom is 0.224 e. The molecule has 2 rings (SSSR count). The van der Waals surface area contributed by atoms with Crippen LogP contribution in [-0.2, 0) is 16.0 Å². The second-order valence-electron chi connectivity index (χ2n) is 5.40. The second-order valence-corrected chi connectivity index (χ2v) is 6.31. The van der Waals surface area contributed by atoms with Crippen molar-refractivity contribution in [1.82, 2.24) is 5.32 Å². The van der Waals surface area contributed by atoms with Crippen molar-refractivity contribution in [3.63, 3.8) is 0 Å². The molecule has 2 aromatic rings. The SMILES string of the molecule is CC(=O)Nc1ccc(CC(=O)N[C@@H](C)c2ccc(Br)cc2)cc1. The van der Waals surface area contributed by atoms with E-state index in [-0.39, 0.29) is 17.9 Å². The summed E-state index contributed by atoms with van der Waals surface area (Å²) in [7, 11) is 0. The first-order chi connectivity index (χ1) is 10.9.